The lowest BCUT2D eigenvalue weighted by molar-refractivity contribution is 0.159. The summed E-state index contributed by atoms with van der Waals surface area (Å²) in [7, 11) is 2.05. The average Bonchev–Trinajstić information content (AvgIpc) is 2.49. The normalized spacial score (nSPS) is 16.8. The van der Waals surface area contributed by atoms with Crippen LogP contribution in [0.4, 0.5) is 0 Å². The SMILES string of the molecule is CCCCn1c(O)c(C(C)=NN2CCN(C)CC2)c(=O)[nH]c1=O. The second-order valence-corrected chi connectivity index (χ2v) is 5.91. The number of rotatable bonds is 5. The Morgan fingerprint density at radius 1 is 1.26 bits per heavy atom. The van der Waals surface area contributed by atoms with Crippen molar-refractivity contribution in [3.05, 3.63) is 26.4 Å². The number of aromatic hydroxyl groups is 1. The Bertz CT molecular complexity index is 683. The van der Waals surface area contributed by atoms with E-state index in [-0.39, 0.29) is 11.4 Å². The monoisotopic (exact) mass is 323 g/mol. The number of nitrogens with zero attached hydrogens (tertiary/aromatic N) is 4. The fraction of sp³-hybridized carbons (Fsp3) is 0.667. The third-order valence-electron chi connectivity index (χ3n) is 4.04. The molecule has 1 aliphatic rings. The lowest BCUT2D eigenvalue weighted by Gasteiger charge is -2.30. The molecule has 0 aliphatic carbocycles. The maximum atomic E-state index is 12.1. The first-order chi connectivity index (χ1) is 10.9. The second-order valence-electron chi connectivity index (χ2n) is 5.91. The standard InChI is InChI=1S/C15H25N5O3/c1-4-5-6-20-14(22)12(13(21)16-15(20)23)11(2)17-19-9-7-18(3)8-10-19/h22H,4-10H2,1-3H3,(H,16,21,23). The minimum atomic E-state index is -0.601. The molecule has 8 heteroatoms. The highest BCUT2D eigenvalue weighted by atomic mass is 16.3. The van der Waals surface area contributed by atoms with E-state index >= 15 is 0 Å². The number of hydrogen-bond acceptors (Lipinski definition) is 6. The Morgan fingerprint density at radius 2 is 1.91 bits per heavy atom. The van der Waals surface area contributed by atoms with Gasteiger partial charge in [-0.25, -0.2) is 4.79 Å². The molecule has 1 fully saturated rings. The molecule has 1 aromatic heterocycles. The summed E-state index contributed by atoms with van der Waals surface area (Å²) in [5, 5.41) is 16.7. The summed E-state index contributed by atoms with van der Waals surface area (Å²) >= 11 is 0. The van der Waals surface area contributed by atoms with Crippen molar-refractivity contribution < 1.29 is 5.11 Å². The van der Waals surface area contributed by atoms with Crippen LogP contribution in [0, 0.1) is 0 Å². The van der Waals surface area contributed by atoms with Crippen molar-refractivity contribution in [1.29, 1.82) is 0 Å². The Kier molecular flexibility index (Phi) is 5.59. The lowest BCUT2D eigenvalue weighted by Crippen LogP contribution is -2.42. The molecular weight excluding hydrogens is 298 g/mol. The molecule has 1 aliphatic heterocycles. The summed E-state index contributed by atoms with van der Waals surface area (Å²) in [5.74, 6) is -0.303. The molecular formula is C15H25N5O3. The number of piperazine rings is 1. The van der Waals surface area contributed by atoms with E-state index in [9.17, 15) is 14.7 Å². The number of H-pyrrole nitrogens is 1. The average molecular weight is 323 g/mol. The Balaban J connectivity index is 2.34. The maximum absolute atomic E-state index is 12.1. The van der Waals surface area contributed by atoms with E-state index in [2.05, 4.69) is 15.0 Å². The minimum Gasteiger partial charge on any atom is -0.494 e. The molecule has 23 heavy (non-hydrogen) atoms. The zero-order valence-electron chi connectivity index (χ0n) is 14.0. The molecule has 2 heterocycles. The van der Waals surface area contributed by atoms with Gasteiger partial charge in [0, 0.05) is 32.7 Å². The van der Waals surface area contributed by atoms with Gasteiger partial charge in [0.15, 0.2) is 0 Å². The smallest absolute Gasteiger partial charge is 0.331 e. The molecule has 0 radical (unpaired) electrons. The number of aromatic amines is 1. The van der Waals surface area contributed by atoms with E-state index in [1.807, 2.05) is 19.0 Å². The number of hydrogen-bond donors (Lipinski definition) is 2. The highest BCUT2D eigenvalue weighted by Crippen LogP contribution is 2.13. The molecule has 0 unspecified atom stereocenters. The van der Waals surface area contributed by atoms with Crippen molar-refractivity contribution in [2.75, 3.05) is 33.2 Å². The van der Waals surface area contributed by atoms with Gasteiger partial charge in [0.2, 0.25) is 5.88 Å². The molecule has 2 N–H and O–H groups in total. The zero-order valence-corrected chi connectivity index (χ0v) is 14.0. The van der Waals surface area contributed by atoms with Crippen molar-refractivity contribution in [2.24, 2.45) is 5.10 Å². The molecule has 2 rings (SSSR count). The summed E-state index contributed by atoms with van der Waals surface area (Å²) in [5.41, 5.74) is -0.703. The fourth-order valence-corrected chi connectivity index (χ4v) is 2.57. The van der Waals surface area contributed by atoms with Gasteiger partial charge in [0.05, 0.1) is 5.71 Å². The van der Waals surface area contributed by atoms with Gasteiger partial charge in [-0.1, -0.05) is 13.3 Å². The van der Waals surface area contributed by atoms with Crippen LogP contribution in [0.2, 0.25) is 0 Å². The predicted molar refractivity (Wildman–Crippen MR) is 89.2 cm³/mol. The van der Waals surface area contributed by atoms with E-state index in [1.54, 1.807) is 6.92 Å². The van der Waals surface area contributed by atoms with Crippen molar-refractivity contribution in [2.45, 2.75) is 33.2 Å². The first-order valence-electron chi connectivity index (χ1n) is 7.99. The van der Waals surface area contributed by atoms with Gasteiger partial charge < -0.3 is 10.0 Å². The van der Waals surface area contributed by atoms with E-state index < -0.39 is 11.2 Å². The number of hydrazone groups is 1. The fourth-order valence-electron chi connectivity index (χ4n) is 2.57. The van der Waals surface area contributed by atoms with Crippen LogP contribution in [0.3, 0.4) is 0 Å². The van der Waals surface area contributed by atoms with Gasteiger partial charge in [-0.15, -0.1) is 0 Å². The van der Waals surface area contributed by atoms with Crippen LogP contribution >= 0.6 is 0 Å². The largest absolute Gasteiger partial charge is 0.494 e. The number of likely N-dealkylation sites (N-methyl/N-ethyl adjacent to an activating group) is 1. The molecule has 8 nitrogen and oxygen atoms in total. The first kappa shape index (κ1) is 17.3. The molecule has 0 aromatic carbocycles. The van der Waals surface area contributed by atoms with Crippen LogP contribution in [0.25, 0.3) is 0 Å². The summed E-state index contributed by atoms with van der Waals surface area (Å²) in [6.45, 7) is 7.37. The summed E-state index contributed by atoms with van der Waals surface area (Å²) in [6, 6.07) is 0. The first-order valence-corrected chi connectivity index (χ1v) is 7.99. The lowest BCUT2D eigenvalue weighted by atomic mass is 10.2. The van der Waals surface area contributed by atoms with Crippen LogP contribution in [0.5, 0.6) is 5.88 Å². The third kappa shape index (κ3) is 4.01. The van der Waals surface area contributed by atoms with Gasteiger partial charge in [0.25, 0.3) is 5.56 Å². The number of unbranched alkanes of at least 4 members (excludes halogenated alkanes) is 1. The van der Waals surface area contributed by atoms with Crippen molar-refractivity contribution >= 4 is 5.71 Å². The summed E-state index contributed by atoms with van der Waals surface area (Å²) < 4.78 is 1.20. The quantitative estimate of drug-likeness (QED) is 0.745. The second kappa shape index (κ2) is 7.45. The summed E-state index contributed by atoms with van der Waals surface area (Å²) in [4.78, 5) is 28.4. The van der Waals surface area contributed by atoms with E-state index in [0.29, 0.717) is 12.3 Å². The Morgan fingerprint density at radius 3 is 2.52 bits per heavy atom. The molecule has 0 saturated carbocycles. The molecule has 1 aromatic rings. The summed E-state index contributed by atoms with van der Waals surface area (Å²) in [6.07, 6.45) is 1.63. The number of nitrogens with one attached hydrogen (secondary N) is 1. The maximum Gasteiger partial charge on any atom is 0.331 e. The molecule has 0 bridgehead atoms. The predicted octanol–water partition coefficient (Wildman–Crippen LogP) is 0.0137. The van der Waals surface area contributed by atoms with Gasteiger partial charge in [-0.05, 0) is 20.4 Å². The molecule has 0 amide bonds. The van der Waals surface area contributed by atoms with Gasteiger partial charge >= 0.3 is 5.69 Å². The highest BCUT2D eigenvalue weighted by molar-refractivity contribution is 6.00. The Labute approximate surface area is 135 Å². The van der Waals surface area contributed by atoms with Crippen LogP contribution in [0.15, 0.2) is 14.7 Å². The van der Waals surface area contributed by atoms with Crippen molar-refractivity contribution in [3.63, 3.8) is 0 Å². The molecule has 1 saturated heterocycles. The minimum absolute atomic E-state index is 0.0691. The van der Waals surface area contributed by atoms with Crippen LogP contribution in [-0.4, -0.2) is 63.5 Å². The van der Waals surface area contributed by atoms with E-state index in [1.165, 1.54) is 4.57 Å². The van der Waals surface area contributed by atoms with E-state index in [0.717, 1.165) is 39.0 Å². The molecule has 128 valence electrons. The molecule has 0 atom stereocenters. The van der Waals surface area contributed by atoms with Crippen molar-refractivity contribution in [3.8, 4) is 5.88 Å². The van der Waals surface area contributed by atoms with Gasteiger partial charge in [0.1, 0.15) is 5.56 Å². The highest BCUT2D eigenvalue weighted by Gasteiger charge is 2.18. The molecule has 0 spiro atoms. The van der Waals surface area contributed by atoms with Crippen LogP contribution in [0.1, 0.15) is 32.3 Å². The Hall–Kier alpha value is -2.09. The van der Waals surface area contributed by atoms with Crippen molar-refractivity contribution in [1.82, 2.24) is 19.5 Å². The van der Waals surface area contributed by atoms with Crippen LogP contribution < -0.4 is 11.2 Å². The van der Waals surface area contributed by atoms with Gasteiger partial charge in [-0.2, -0.15) is 5.10 Å². The third-order valence-corrected chi connectivity index (χ3v) is 4.04. The zero-order chi connectivity index (χ0) is 17.0. The topological polar surface area (TPSA) is 93.9 Å². The van der Waals surface area contributed by atoms with E-state index in [4.69, 9.17) is 0 Å². The van der Waals surface area contributed by atoms with Gasteiger partial charge in [-0.3, -0.25) is 19.4 Å². The van der Waals surface area contributed by atoms with Crippen LogP contribution in [-0.2, 0) is 6.54 Å². The number of aromatic nitrogens is 2.